The number of piperidine rings is 1. The van der Waals surface area contributed by atoms with Crippen molar-refractivity contribution in [3.63, 3.8) is 0 Å². The van der Waals surface area contributed by atoms with E-state index in [1.54, 1.807) is 12.1 Å². The van der Waals surface area contributed by atoms with Crippen LogP contribution >= 0.6 is 11.8 Å². The van der Waals surface area contributed by atoms with Crippen LogP contribution < -0.4 is 0 Å². The number of amides is 1. The van der Waals surface area contributed by atoms with Crippen LogP contribution in [0.2, 0.25) is 0 Å². The molecule has 5 nitrogen and oxygen atoms in total. The maximum absolute atomic E-state index is 12.4. The van der Waals surface area contributed by atoms with E-state index in [0.717, 1.165) is 14.1 Å². The van der Waals surface area contributed by atoms with E-state index in [-0.39, 0.29) is 23.2 Å². The van der Waals surface area contributed by atoms with Crippen LogP contribution in [0.3, 0.4) is 0 Å². The molecule has 140 valence electrons. The van der Waals surface area contributed by atoms with Crippen LogP contribution in [-0.2, 0) is 14.8 Å². The monoisotopic (exact) mass is 396 g/mol. The summed E-state index contributed by atoms with van der Waals surface area (Å²) in [5.41, 5.74) is 0. The van der Waals surface area contributed by atoms with Gasteiger partial charge in [0, 0.05) is 37.3 Å². The van der Waals surface area contributed by atoms with Gasteiger partial charge in [0.2, 0.25) is 10.0 Å². The topological polar surface area (TPSA) is 57.7 Å². The van der Waals surface area contributed by atoms with Crippen LogP contribution in [0.1, 0.15) is 12.8 Å². The lowest BCUT2D eigenvalue weighted by Crippen LogP contribution is -2.45. The number of benzene rings is 1. The van der Waals surface area contributed by atoms with Crippen molar-refractivity contribution in [2.45, 2.75) is 34.1 Å². The Labute approximate surface area is 149 Å². The molecule has 0 N–H and O–H groups in total. The van der Waals surface area contributed by atoms with E-state index in [2.05, 4.69) is 0 Å². The fourth-order valence-electron chi connectivity index (χ4n) is 2.45. The van der Waals surface area contributed by atoms with Gasteiger partial charge in [0.1, 0.15) is 0 Å². The predicted molar refractivity (Wildman–Crippen MR) is 88.8 cm³/mol. The number of thioether (sulfide) groups is 1. The number of halogens is 3. The Bertz CT molecular complexity index is 711. The quantitative estimate of drug-likeness (QED) is 0.785. The Balaban J connectivity index is 1.94. The largest absolute Gasteiger partial charge is 0.471 e. The van der Waals surface area contributed by atoms with Crippen molar-refractivity contribution in [2.24, 2.45) is 0 Å². The smallest absolute Gasteiger partial charge is 0.335 e. The van der Waals surface area contributed by atoms with E-state index < -0.39 is 22.1 Å². The fraction of sp³-hybridized carbons (Fsp3) is 0.533. The minimum Gasteiger partial charge on any atom is -0.335 e. The third-order valence-corrected chi connectivity index (χ3v) is 7.06. The lowest BCUT2D eigenvalue weighted by molar-refractivity contribution is -0.186. The van der Waals surface area contributed by atoms with Crippen molar-refractivity contribution in [3.8, 4) is 0 Å². The van der Waals surface area contributed by atoms with Gasteiger partial charge in [-0.25, -0.2) is 12.7 Å². The molecule has 2 rings (SSSR count). The molecular weight excluding hydrogens is 377 g/mol. The predicted octanol–water partition coefficient (Wildman–Crippen LogP) is 2.58. The normalized spacial score (nSPS) is 17.1. The summed E-state index contributed by atoms with van der Waals surface area (Å²) < 4.78 is 62.4. The van der Waals surface area contributed by atoms with Crippen molar-refractivity contribution >= 4 is 27.7 Å². The van der Waals surface area contributed by atoms with E-state index in [1.165, 1.54) is 38.0 Å². The fourth-order valence-corrected chi connectivity index (χ4v) is 4.48. The molecule has 1 aromatic carbocycles. The highest BCUT2D eigenvalue weighted by Crippen LogP contribution is 2.32. The zero-order valence-corrected chi connectivity index (χ0v) is 15.4. The molecule has 0 aliphatic carbocycles. The van der Waals surface area contributed by atoms with Crippen molar-refractivity contribution in [3.05, 3.63) is 24.3 Å². The van der Waals surface area contributed by atoms with Crippen molar-refractivity contribution in [1.82, 2.24) is 9.21 Å². The van der Waals surface area contributed by atoms with Gasteiger partial charge in [-0.1, -0.05) is 0 Å². The van der Waals surface area contributed by atoms with Gasteiger partial charge >= 0.3 is 12.1 Å². The standard InChI is InChI=1S/C15H19F3N2O3S2/c1-19(2)25(22,23)13-5-3-11(4-6-13)24-12-7-9-20(10-8-12)14(21)15(16,17)18/h3-6,12H,7-10H2,1-2H3. The summed E-state index contributed by atoms with van der Waals surface area (Å²) in [6.45, 7) is 0.145. The molecule has 0 radical (unpaired) electrons. The number of carbonyl (C=O) groups is 1. The molecule has 25 heavy (non-hydrogen) atoms. The maximum atomic E-state index is 12.4. The second-order valence-electron chi connectivity index (χ2n) is 5.87. The van der Waals surface area contributed by atoms with Gasteiger partial charge in [0.05, 0.1) is 4.90 Å². The number of nitrogens with zero attached hydrogens (tertiary/aromatic N) is 2. The molecule has 0 saturated carbocycles. The van der Waals surface area contributed by atoms with Crippen molar-refractivity contribution in [2.75, 3.05) is 27.2 Å². The molecule has 0 bridgehead atoms. The molecule has 0 spiro atoms. The van der Waals surface area contributed by atoms with Gasteiger partial charge in [-0.05, 0) is 37.1 Å². The first-order valence-electron chi connectivity index (χ1n) is 7.57. The summed E-state index contributed by atoms with van der Waals surface area (Å²) >= 11 is 1.49. The number of carbonyl (C=O) groups excluding carboxylic acids is 1. The molecule has 0 unspecified atom stereocenters. The number of rotatable bonds is 4. The Morgan fingerprint density at radius 3 is 2.12 bits per heavy atom. The first-order valence-corrected chi connectivity index (χ1v) is 9.89. The number of hydrogen-bond donors (Lipinski definition) is 0. The Hall–Kier alpha value is -1.26. The second kappa shape index (κ2) is 7.55. The summed E-state index contributed by atoms with van der Waals surface area (Å²) in [5.74, 6) is -1.78. The van der Waals surface area contributed by atoms with Crippen molar-refractivity contribution < 1.29 is 26.4 Å². The van der Waals surface area contributed by atoms with Crippen LogP contribution in [0.5, 0.6) is 0 Å². The van der Waals surface area contributed by atoms with Crippen molar-refractivity contribution in [1.29, 1.82) is 0 Å². The SMILES string of the molecule is CN(C)S(=O)(=O)c1ccc(SC2CCN(C(=O)C(F)(F)F)CC2)cc1. The number of alkyl halides is 3. The van der Waals surface area contributed by atoms with E-state index in [0.29, 0.717) is 12.8 Å². The first-order chi connectivity index (χ1) is 11.5. The average molecular weight is 396 g/mol. The third kappa shape index (κ3) is 4.89. The summed E-state index contributed by atoms with van der Waals surface area (Å²) in [6, 6.07) is 6.41. The number of hydrogen-bond acceptors (Lipinski definition) is 4. The average Bonchev–Trinajstić information content (AvgIpc) is 2.54. The van der Waals surface area contributed by atoms with Gasteiger partial charge in [-0.2, -0.15) is 13.2 Å². The van der Waals surface area contributed by atoms with Crippen LogP contribution in [0.25, 0.3) is 0 Å². The van der Waals surface area contributed by atoms with E-state index >= 15 is 0 Å². The first kappa shape index (κ1) is 20.1. The minimum absolute atomic E-state index is 0.0725. The minimum atomic E-state index is -4.83. The molecule has 1 aromatic rings. The molecule has 1 amide bonds. The Morgan fingerprint density at radius 2 is 1.68 bits per heavy atom. The van der Waals surface area contributed by atoms with Gasteiger partial charge < -0.3 is 4.90 Å². The molecule has 1 saturated heterocycles. The zero-order chi connectivity index (χ0) is 18.8. The lowest BCUT2D eigenvalue weighted by Gasteiger charge is -2.32. The van der Waals surface area contributed by atoms with Crippen LogP contribution in [0, 0.1) is 0 Å². The maximum Gasteiger partial charge on any atom is 0.471 e. The molecule has 0 aromatic heterocycles. The van der Waals surface area contributed by atoms with Crippen LogP contribution in [0.15, 0.2) is 34.1 Å². The summed E-state index contributed by atoms with van der Waals surface area (Å²) in [5, 5.41) is 0.0913. The molecule has 1 fully saturated rings. The van der Waals surface area contributed by atoms with E-state index in [1.807, 2.05) is 0 Å². The van der Waals surface area contributed by atoms with Gasteiger partial charge in [-0.15, -0.1) is 11.8 Å². The molecule has 1 aliphatic heterocycles. The molecule has 0 atom stereocenters. The van der Waals surface area contributed by atoms with Gasteiger partial charge in [0.25, 0.3) is 0 Å². The number of likely N-dealkylation sites (tertiary alicyclic amines) is 1. The molecule has 1 heterocycles. The highest BCUT2D eigenvalue weighted by molar-refractivity contribution is 8.00. The lowest BCUT2D eigenvalue weighted by atomic mass is 10.1. The summed E-state index contributed by atoms with van der Waals surface area (Å²) in [7, 11) is -0.579. The summed E-state index contributed by atoms with van der Waals surface area (Å²) in [6.07, 6.45) is -3.90. The van der Waals surface area contributed by atoms with Gasteiger partial charge in [0.15, 0.2) is 0 Å². The van der Waals surface area contributed by atoms with E-state index in [4.69, 9.17) is 0 Å². The van der Waals surface area contributed by atoms with E-state index in [9.17, 15) is 26.4 Å². The van der Waals surface area contributed by atoms with Crippen LogP contribution in [-0.4, -0.2) is 62.1 Å². The molecule has 10 heteroatoms. The highest BCUT2D eigenvalue weighted by Gasteiger charge is 2.43. The Morgan fingerprint density at radius 1 is 1.16 bits per heavy atom. The van der Waals surface area contributed by atoms with Gasteiger partial charge in [-0.3, -0.25) is 4.79 Å². The second-order valence-corrected chi connectivity index (χ2v) is 9.39. The van der Waals surface area contributed by atoms with Crippen LogP contribution in [0.4, 0.5) is 13.2 Å². The highest BCUT2D eigenvalue weighted by atomic mass is 32.2. The Kier molecular flexibility index (Phi) is 6.05. The number of sulfonamides is 1. The third-order valence-electron chi connectivity index (χ3n) is 3.88. The molecule has 1 aliphatic rings. The zero-order valence-electron chi connectivity index (χ0n) is 13.8. The summed E-state index contributed by atoms with van der Waals surface area (Å²) in [4.78, 5) is 13.1. The molecular formula is C15H19F3N2O3S2.